The molecule has 1 aromatic rings. The number of hydrogen-bond donors (Lipinski definition) is 1. The van der Waals surface area contributed by atoms with Crippen molar-refractivity contribution in [2.24, 2.45) is 39.2 Å². The molecular formula is C33H55NO2. The maximum absolute atomic E-state index is 6.26. The van der Waals surface area contributed by atoms with E-state index in [-0.39, 0.29) is 16.2 Å². The third-order valence-corrected chi connectivity index (χ3v) is 11.6. The molecule has 0 heterocycles. The minimum absolute atomic E-state index is 0.0340. The van der Waals surface area contributed by atoms with Gasteiger partial charge in [0.15, 0.2) is 0 Å². The molecule has 0 saturated heterocycles. The van der Waals surface area contributed by atoms with Gasteiger partial charge in [0, 0.05) is 11.5 Å². The Morgan fingerprint density at radius 2 is 1.47 bits per heavy atom. The molecule has 36 heavy (non-hydrogen) atoms. The Kier molecular flexibility index (Phi) is 7.57. The van der Waals surface area contributed by atoms with Gasteiger partial charge in [-0.2, -0.15) is 0 Å². The van der Waals surface area contributed by atoms with Crippen LogP contribution in [0.2, 0.25) is 0 Å². The molecule has 204 valence electrons. The zero-order valence-electron chi connectivity index (χ0n) is 25.7. The Hall–Kier alpha value is -1.48. The number of rotatable bonds is 10. The fourth-order valence-electron chi connectivity index (χ4n) is 6.90. The Morgan fingerprint density at radius 3 is 1.89 bits per heavy atom. The molecule has 3 aliphatic rings. The summed E-state index contributed by atoms with van der Waals surface area (Å²) in [6.45, 7) is 26.6. The van der Waals surface area contributed by atoms with Crippen molar-refractivity contribution in [1.29, 1.82) is 0 Å². The zero-order chi connectivity index (χ0) is 27.5. The Labute approximate surface area is 222 Å². The van der Waals surface area contributed by atoms with Crippen LogP contribution in [-0.2, 0) is 5.41 Å². The molecule has 1 fully saturated rings. The molecule has 3 unspecified atom stereocenters. The highest BCUT2D eigenvalue weighted by Crippen LogP contribution is 2.66. The van der Waals surface area contributed by atoms with Gasteiger partial charge < -0.3 is 15.2 Å². The molecule has 0 amide bonds. The molecule has 4 rings (SSSR count). The van der Waals surface area contributed by atoms with Gasteiger partial charge in [0.05, 0.1) is 14.2 Å². The number of allylic oxidation sites excluding steroid dienone is 2. The Bertz CT molecular complexity index is 970. The lowest BCUT2D eigenvalue weighted by Gasteiger charge is -2.60. The van der Waals surface area contributed by atoms with Crippen molar-refractivity contribution in [2.45, 2.75) is 107 Å². The van der Waals surface area contributed by atoms with Crippen LogP contribution < -0.4 is 15.2 Å². The fraction of sp³-hybridized carbons (Fsp3) is 0.758. The van der Waals surface area contributed by atoms with E-state index in [1.807, 2.05) is 14.2 Å². The first-order valence-electron chi connectivity index (χ1n) is 14.1. The predicted octanol–water partition coefficient (Wildman–Crippen LogP) is 8.50. The van der Waals surface area contributed by atoms with E-state index >= 15 is 0 Å². The van der Waals surface area contributed by atoms with Gasteiger partial charge in [0.2, 0.25) is 0 Å². The molecule has 0 spiro atoms. The summed E-state index contributed by atoms with van der Waals surface area (Å²) in [5.41, 5.74) is 10.7. The van der Waals surface area contributed by atoms with E-state index in [0.717, 1.165) is 11.5 Å². The van der Waals surface area contributed by atoms with Crippen molar-refractivity contribution in [3.8, 4) is 11.5 Å². The molecule has 3 heteroatoms. The molecule has 0 radical (unpaired) electrons. The van der Waals surface area contributed by atoms with Crippen LogP contribution in [0.4, 0.5) is 0 Å². The van der Waals surface area contributed by atoms with Crippen LogP contribution in [0.3, 0.4) is 0 Å². The van der Waals surface area contributed by atoms with Gasteiger partial charge in [-0.15, -0.1) is 0 Å². The van der Waals surface area contributed by atoms with E-state index in [0.29, 0.717) is 35.1 Å². The highest BCUT2D eigenvalue weighted by Gasteiger charge is 2.56. The summed E-state index contributed by atoms with van der Waals surface area (Å²) in [6, 6.07) is 4.57. The van der Waals surface area contributed by atoms with E-state index in [9.17, 15) is 0 Å². The van der Waals surface area contributed by atoms with Crippen molar-refractivity contribution >= 4 is 0 Å². The van der Waals surface area contributed by atoms with E-state index in [1.165, 1.54) is 30.4 Å². The number of ether oxygens (including phenoxy) is 2. The highest BCUT2D eigenvalue weighted by molar-refractivity contribution is 5.55. The van der Waals surface area contributed by atoms with Gasteiger partial charge in [-0.05, 0) is 76.0 Å². The van der Waals surface area contributed by atoms with Crippen LogP contribution in [0.5, 0.6) is 11.5 Å². The fourth-order valence-corrected chi connectivity index (χ4v) is 6.90. The molecular weight excluding hydrogens is 442 g/mol. The molecule has 0 aliphatic heterocycles. The molecule has 1 saturated carbocycles. The summed E-state index contributed by atoms with van der Waals surface area (Å²) in [7, 11) is 3.62. The van der Waals surface area contributed by atoms with E-state index in [4.69, 9.17) is 15.2 Å². The SMILES string of the molecule is CCC(C)(C)CC1=CC(c2c(OC)cc(C(C)(C)C(C)(C)C(C)(C)CN)cc2OC)C2CC1C2(C)C. The summed E-state index contributed by atoms with van der Waals surface area (Å²) in [5, 5.41) is 0. The summed E-state index contributed by atoms with van der Waals surface area (Å²) < 4.78 is 12.3. The number of fused-ring (bicyclic) bond motifs is 1. The zero-order valence-corrected chi connectivity index (χ0v) is 25.7. The van der Waals surface area contributed by atoms with Crippen molar-refractivity contribution in [2.75, 3.05) is 20.8 Å². The topological polar surface area (TPSA) is 44.5 Å². The van der Waals surface area contributed by atoms with Crippen LogP contribution >= 0.6 is 0 Å². The van der Waals surface area contributed by atoms with Gasteiger partial charge in [-0.25, -0.2) is 0 Å². The van der Waals surface area contributed by atoms with Crippen LogP contribution in [0.15, 0.2) is 23.8 Å². The van der Waals surface area contributed by atoms with Crippen molar-refractivity contribution in [3.63, 3.8) is 0 Å². The minimum atomic E-state index is -0.144. The lowest BCUT2D eigenvalue weighted by atomic mass is 9.44. The van der Waals surface area contributed by atoms with Gasteiger partial charge in [-0.1, -0.05) is 94.2 Å². The molecule has 3 nitrogen and oxygen atoms in total. The van der Waals surface area contributed by atoms with Gasteiger partial charge in [0.25, 0.3) is 0 Å². The first-order valence-corrected chi connectivity index (χ1v) is 14.1. The standard InChI is InChI=1S/C33H55NO2/c1-14-29(2,3)19-21-15-23(25-18-24(21)31(25,6)7)28-26(35-12)16-22(17-27(28)36-13)32(8,9)33(10,11)30(4,5)20-34/h15-17,23-25H,14,18-20,34H2,1-13H3. The minimum Gasteiger partial charge on any atom is -0.496 e. The van der Waals surface area contributed by atoms with E-state index in [1.54, 1.807) is 5.57 Å². The van der Waals surface area contributed by atoms with Gasteiger partial charge in [0.1, 0.15) is 11.5 Å². The molecule has 1 aromatic carbocycles. The Balaban J connectivity index is 2.17. The van der Waals surface area contributed by atoms with E-state index < -0.39 is 0 Å². The summed E-state index contributed by atoms with van der Waals surface area (Å²) in [4.78, 5) is 0. The number of methoxy groups -OCH3 is 2. The normalized spacial score (nSPS) is 24.2. The van der Waals surface area contributed by atoms with E-state index in [2.05, 4.69) is 94.4 Å². The highest BCUT2D eigenvalue weighted by atomic mass is 16.5. The average Bonchev–Trinajstić information content (AvgIpc) is 2.81. The number of hydrogen-bond acceptors (Lipinski definition) is 3. The summed E-state index contributed by atoms with van der Waals surface area (Å²) >= 11 is 0. The molecule has 2 N–H and O–H groups in total. The second-order valence-electron chi connectivity index (χ2n) is 14.8. The third kappa shape index (κ3) is 4.42. The first kappa shape index (κ1) is 29.1. The van der Waals surface area contributed by atoms with Crippen molar-refractivity contribution in [3.05, 3.63) is 34.9 Å². The monoisotopic (exact) mass is 497 g/mol. The van der Waals surface area contributed by atoms with Crippen LogP contribution in [0, 0.1) is 33.5 Å². The second kappa shape index (κ2) is 9.37. The number of benzene rings is 1. The predicted molar refractivity (Wildman–Crippen MR) is 154 cm³/mol. The smallest absolute Gasteiger partial charge is 0.126 e. The average molecular weight is 498 g/mol. The Morgan fingerprint density at radius 1 is 0.944 bits per heavy atom. The number of nitrogens with two attached hydrogens (primary N) is 1. The quantitative estimate of drug-likeness (QED) is 0.329. The summed E-state index contributed by atoms with van der Waals surface area (Å²) in [5.74, 6) is 3.51. The van der Waals surface area contributed by atoms with Crippen molar-refractivity contribution < 1.29 is 9.47 Å². The molecule has 3 atom stereocenters. The molecule has 3 aliphatic carbocycles. The molecule has 0 aromatic heterocycles. The molecule has 2 bridgehead atoms. The van der Waals surface area contributed by atoms with Crippen LogP contribution in [0.1, 0.15) is 112 Å². The van der Waals surface area contributed by atoms with Crippen LogP contribution in [0.25, 0.3) is 0 Å². The summed E-state index contributed by atoms with van der Waals surface area (Å²) in [6.07, 6.45) is 6.21. The maximum Gasteiger partial charge on any atom is 0.126 e. The van der Waals surface area contributed by atoms with Crippen LogP contribution in [-0.4, -0.2) is 20.8 Å². The van der Waals surface area contributed by atoms with Gasteiger partial charge in [-0.3, -0.25) is 0 Å². The maximum atomic E-state index is 6.26. The largest absolute Gasteiger partial charge is 0.496 e. The lowest BCUT2D eigenvalue weighted by molar-refractivity contribution is -0.0250. The second-order valence-corrected chi connectivity index (χ2v) is 14.8. The first-order chi connectivity index (χ1) is 16.4. The lowest BCUT2D eigenvalue weighted by Crippen LogP contribution is -2.52. The third-order valence-electron chi connectivity index (χ3n) is 11.6. The van der Waals surface area contributed by atoms with Crippen molar-refractivity contribution in [1.82, 2.24) is 0 Å². The van der Waals surface area contributed by atoms with Gasteiger partial charge >= 0.3 is 0 Å².